The van der Waals surface area contributed by atoms with Crippen LogP contribution >= 0.6 is 8.07 Å². The van der Waals surface area contributed by atoms with E-state index in [1.54, 1.807) is 0 Å². The van der Waals surface area contributed by atoms with Crippen molar-refractivity contribution in [3.63, 3.8) is 0 Å². The number of hydrogen-bond acceptors (Lipinski definition) is 2. The molecule has 0 spiro atoms. The van der Waals surface area contributed by atoms with Crippen LogP contribution in [-0.4, -0.2) is 23.3 Å². The predicted molar refractivity (Wildman–Crippen MR) is 113 cm³/mol. The smallest absolute Gasteiger partial charge is 0.358 e. The molecule has 1 heterocycles. The van der Waals surface area contributed by atoms with Crippen LogP contribution in [0.5, 0.6) is 0 Å². The average molecular weight is 408 g/mol. The molecule has 0 aromatic carbocycles. The second-order valence-corrected chi connectivity index (χ2v) is 9.50. The molecular formula is C21H38N2NiP. The second kappa shape index (κ2) is 14.0. The summed E-state index contributed by atoms with van der Waals surface area (Å²) in [6, 6.07) is 6.36. The largest absolute Gasteiger partial charge is 3.00 e. The van der Waals surface area contributed by atoms with E-state index in [1.165, 1.54) is 70.0 Å². The fourth-order valence-electron chi connectivity index (χ4n) is 4.14. The van der Waals surface area contributed by atoms with Gasteiger partial charge in [0.1, 0.15) is 5.82 Å². The molecule has 3 rings (SSSR count). The van der Waals surface area contributed by atoms with Crippen LogP contribution in [0.1, 0.15) is 64.2 Å². The molecule has 0 N–H and O–H groups in total. The SMILES string of the molecule is CN(c1ccccn1)P(C1CCCCC1)C1CCCCC1.[CH3-].[CH3-].[CH3-].[Ni+3]. The van der Waals surface area contributed by atoms with Crippen molar-refractivity contribution in [2.75, 3.05) is 11.7 Å². The minimum Gasteiger partial charge on any atom is -0.358 e. The predicted octanol–water partition coefficient (Wildman–Crippen LogP) is 6.93. The van der Waals surface area contributed by atoms with E-state index in [2.05, 4.69) is 28.8 Å². The molecule has 2 aliphatic carbocycles. The zero-order valence-corrected chi connectivity index (χ0v) is 18.6. The van der Waals surface area contributed by atoms with Crippen molar-refractivity contribution in [3.8, 4) is 0 Å². The van der Waals surface area contributed by atoms with Gasteiger partial charge in [0.2, 0.25) is 0 Å². The first-order valence-electron chi connectivity index (χ1n) is 8.79. The summed E-state index contributed by atoms with van der Waals surface area (Å²) >= 11 is 0. The van der Waals surface area contributed by atoms with E-state index in [0.717, 1.165) is 11.3 Å². The molecule has 0 bridgehead atoms. The summed E-state index contributed by atoms with van der Waals surface area (Å²) in [6.07, 6.45) is 16.5. The summed E-state index contributed by atoms with van der Waals surface area (Å²) in [7, 11) is 2.25. The third-order valence-electron chi connectivity index (χ3n) is 5.22. The Morgan fingerprint density at radius 1 is 0.840 bits per heavy atom. The van der Waals surface area contributed by atoms with Gasteiger partial charge >= 0.3 is 16.5 Å². The van der Waals surface area contributed by atoms with Crippen molar-refractivity contribution in [2.24, 2.45) is 0 Å². The van der Waals surface area contributed by atoms with Gasteiger partial charge in [-0.2, -0.15) is 0 Å². The quantitative estimate of drug-likeness (QED) is 0.305. The van der Waals surface area contributed by atoms with Gasteiger partial charge in [0.25, 0.3) is 0 Å². The third kappa shape index (κ3) is 7.18. The van der Waals surface area contributed by atoms with E-state index < -0.39 is 0 Å². The minimum absolute atomic E-state index is 0. The van der Waals surface area contributed by atoms with Crippen LogP contribution in [0.2, 0.25) is 0 Å². The number of anilines is 1. The number of aromatic nitrogens is 1. The van der Waals surface area contributed by atoms with Gasteiger partial charge in [-0.25, -0.2) is 4.98 Å². The molecule has 0 unspecified atom stereocenters. The molecule has 2 nitrogen and oxygen atoms in total. The number of pyridine rings is 1. The monoisotopic (exact) mass is 407 g/mol. The van der Waals surface area contributed by atoms with Gasteiger partial charge in [0, 0.05) is 13.2 Å². The summed E-state index contributed by atoms with van der Waals surface area (Å²) in [6.45, 7) is 0. The number of nitrogens with zero attached hydrogens (tertiary/aromatic N) is 2. The molecular weight excluding hydrogens is 370 g/mol. The summed E-state index contributed by atoms with van der Waals surface area (Å²) in [4.78, 5) is 4.63. The van der Waals surface area contributed by atoms with Crippen molar-refractivity contribution in [1.82, 2.24) is 4.98 Å². The topological polar surface area (TPSA) is 16.1 Å². The van der Waals surface area contributed by atoms with Crippen LogP contribution < -0.4 is 4.67 Å². The molecule has 4 heteroatoms. The summed E-state index contributed by atoms with van der Waals surface area (Å²) < 4.78 is 2.58. The van der Waals surface area contributed by atoms with Gasteiger partial charge < -0.3 is 27.0 Å². The molecule has 0 atom stereocenters. The van der Waals surface area contributed by atoms with Gasteiger partial charge in [-0.15, -0.1) is 0 Å². The Bertz CT molecular complexity index is 399. The zero-order chi connectivity index (χ0) is 14.5. The van der Waals surface area contributed by atoms with Crippen LogP contribution in [0.4, 0.5) is 5.82 Å². The zero-order valence-electron chi connectivity index (χ0n) is 16.7. The van der Waals surface area contributed by atoms with Crippen LogP contribution in [0.15, 0.2) is 24.4 Å². The Labute approximate surface area is 169 Å². The normalized spacial score (nSPS) is 18.2. The maximum Gasteiger partial charge on any atom is 3.00 e. The summed E-state index contributed by atoms with van der Waals surface area (Å²) in [5.41, 5.74) is 1.90. The third-order valence-corrected chi connectivity index (χ3v) is 8.65. The molecule has 0 aliphatic heterocycles. The Morgan fingerprint density at radius 3 is 1.72 bits per heavy atom. The van der Waals surface area contributed by atoms with Crippen molar-refractivity contribution >= 4 is 13.9 Å². The molecule has 2 aliphatic rings. The number of hydrogen-bond donors (Lipinski definition) is 0. The molecule has 1 aromatic heterocycles. The number of rotatable bonds is 4. The maximum atomic E-state index is 4.63. The molecule has 1 aromatic rings. The van der Waals surface area contributed by atoms with E-state index in [-0.39, 0.29) is 46.8 Å². The van der Waals surface area contributed by atoms with E-state index in [1.807, 2.05) is 12.3 Å². The Kier molecular flexibility index (Phi) is 15.2. The molecule has 0 saturated heterocycles. The van der Waals surface area contributed by atoms with Crippen molar-refractivity contribution in [2.45, 2.75) is 75.5 Å². The van der Waals surface area contributed by atoms with Crippen LogP contribution in [-0.2, 0) is 16.5 Å². The Morgan fingerprint density at radius 2 is 1.32 bits per heavy atom. The average Bonchev–Trinajstić information content (AvgIpc) is 2.58. The molecule has 2 saturated carbocycles. The summed E-state index contributed by atoms with van der Waals surface area (Å²) in [5, 5.41) is 0. The molecule has 25 heavy (non-hydrogen) atoms. The Balaban J connectivity index is 0. The van der Waals surface area contributed by atoms with Gasteiger partial charge in [-0.05, 0) is 57.2 Å². The van der Waals surface area contributed by atoms with E-state index in [9.17, 15) is 0 Å². The summed E-state index contributed by atoms with van der Waals surface area (Å²) in [5.74, 6) is 1.19. The maximum absolute atomic E-state index is 4.63. The second-order valence-electron chi connectivity index (χ2n) is 6.68. The van der Waals surface area contributed by atoms with Gasteiger partial charge in [0.15, 0.2) is 0 Å². The van der Waals surface area contributed by atoms with Crippen LogP contribution in [0.3, 0.4) is 0 Å². The Hall–Kier alpha value is -0.126. The van der Waals surface area contributed by atoms with Crippen molar-refractivity contribution < 1.29 is 16.5 Å². The fraction of sp³-hybridized carbons (Fsp3) is 0.619. The van der Waals surface area contributed by atoms with Crippen molar-refractivity contribution in [1.29, 1.82) is 0 Å². The minimum atomic E-state index is -0.0637. The van der Waals surface area contributed by atoms with E-state index in [4.69, 9.17) is 0 Å². The standard InChI is InChI=1S/C18H29N2P.3CH3.Ni/c1-20(18-14-8-9-15-19-18)21(16-10-4-2-5-11-16)17-12-6-3-7-13-17;;;;/h8-9,14-17H,2-7,10-13H2,1H3;3*1H3;/q;3*-1;+3. The fourth-order valence-corrected chi connectivity index (χ4v) is 7.86. The van der Waals surface area contributed by atoms with E-state index >= 15 is 0 Å². The molecule has 1 radical (unpaired) electrons. The van der Waals surface area contributed by atoms with Gasteiger partial charge in [-0.1, -0.05) is 44.6 Å². The van der Waals surface area contributed by atoms with E-state index in [0.29, 0.717) is 0 Å². The van der Waals surface area contributed by atoms with Gasteiger partial charge in [-0.3, -0.25) is 0 Å². The van der Waals surface area contributed by atoms with Crippen molar-refractivity contribution in [3.05, 3.63) is 46.7 Å². The van der Waals surface area contributed by atoms with Gasteiger partial charge in [0.05, 0.1) is 0 Å². The first-order chi connectivity index (χ1) is 10.4. The first-order valence-corrected chi connectivity index (χ1v) is 10.2. The van der Waals surface area contributed by atoms with Crippen LogP contribution in [0.25, 0.3) is 0 Å². The molecule has 147 valence electrons. The first kappa shape index (κ1) is 27.1. The van der Waals surface area contributed by atoms with Crippen LogP contribution in [0, 0.1) is 22.3 Å². The molecule has 0 amide bonds. The molecule has 2 fully saturated rings.